The number of carbonyl (C=O) groups excluding carboxylic acids is 2. The van der Waals surface area contributed by atoms with Crippen molar-refractivity contribution in [2.24, 2.45) is 0 Å². The Kier molecular flexibility index (Phi) is 20.7. The Hall–Kier alpha value is -2.66. The Labute approximate surface area is 186 Å². The van der Waals surface area contributed by atoms with Gasteiger partial charge in [0.2, 0.25) is 0 Å². The lowest BCUT2D eigenvalue weighted by Gasteiger charge is -2.16. The fourth-order valence-corrected chi connectivity index (χ4v) is 2.37. The summed E-state index contributed by atoms with van der Waals surface area (Å²) >= 11 is 0. The van der Waals surface area contributed by atoms with Crippen molar-refractivity contribution in [2.45, 2.75) is 40.5 Å². The molecule has 0 radical (unpaired) electrons. The average Bonchev–Trinajstić information content (AvgIpc) is 2.80. The van der Waals surface area contributed by atoms with Crippen LogP contribution in [-0.4, -0.2) is 49.9 Å². The van der Waals surface area contributed by atoms with E-state index in [1.165, 1.54) is 6.08 Å². The highest BCUT2D eigenvalue weighted by atomic mass is 16.2. The molecule has 1 aromatic rings. The van der Waals surface area contributed by atoms with E-state index in [4.69, 9.17) is 0 Å². The summed E-state index contributed by atoms with van der Waals surface area (Å²) in [6.07, 6.45) is 6.47. The van der Waals surface area contributed by atoms with E-state index in [2.05, 4.69) is 28.7 Å². The molecule has 0 saturated carbocycles. The lowest BCUT2D eigenvalue weighted by molar-refractivity contribution is -0.117. The van der Waals surface area contributed by atoms with Gasteiger partial charge in [-0.15, -0.1) is 0 Å². The van der Waals surface area contributed by atoms with Gasteiger partial charge >= 0.3 is 0 Å². The maximum absolute atomic E-state index is 11.9. The van der Waals surface area contributed by atoms with Gasteiger partial charge in [-0.1, -0.05) is 77.3 Å². The highest BCUT2D eigenvalue weighted by Crippen LogP contribution is 1.98. The van der Waals surface area contributed by atoms with E-state index in [1.807, 2.05) is 52.9 Å². The molecule has 0 saturated heterocycles. The molecule has 1 aromatic carbocycles. The largest absolute Gasteiger partial charge is 0.352 e. The van der Waals surface area contributed by atoms with Gasteiger partial charge in [0, 0.05) is 27.1 Å². The molecule has 0 bridgehead atoms. The van der Waals surface area contributed by atoms with Gasteiger partial charge in [-0.25, -0.2) is 0 Å². The van der Waals surface area contributed by atoms with E-state index in [0.29, 0.717) is 24.2 Å². The van der Waals surface area contributed by atoms with Crippen LogP contribution < -0.4 is 10.6 Å². The maximum Gasteiger partial charge on any atom is 0.251 e. The Morgan fingerprint density at radius 2 is 1.50 bits per heavy atom. The lowest BCUT2D eigenvalue weighted by Crippen LogP contribution is -2.31. The summed E-state index contributed by atoms with van der Waals surface area (Å²) in [7, 11) is 2.04. The van der Waals surface area contributed by atoms with Crippen LogP contribution in [0.5, 0.6) is 0 Å². The van der Waals surface area contributed by atoms with E-state index in [-0.39, 0.29) is 14.7 Å². The van der Waals surface area contributed by atoms with Gasteiger partial charge in [0.1, 0.15) is 0 Å². The minimum absolute atomic E-state index is 0. The third kappa shape index (κ3) is 14.4. The first-order valence-electron chi connectivity index (χ1n) is 10.8. The minimum atomic E-state index is -0.133. The molecule has 1 rings (SSSR count). The Bertz CT molecular complexity index is 635. The zero-order valence-electron chi connectivity index (χ0n) is 19.5. The molecule has 30 heavy (non-hydrogen) atoms. The monoisotopic (exact) mass is 419 g/mol. The van der Waals surface area contributed by atoms with E-state index in [1.54, 1.807) is 24.3 Å². The summed E-state index contributed by atoms with van der Waals surface area (Å²) in [6, 6.07) is 9.21. The second kappa shape index (κ2) is 21.1. The molecule has 0 aliphatic carbocycles. The normalized spacial score (nSPS) is 10.0. The van der Waals surface area contributed by atoms with Crippen molar-refractivity contribution >= 4 is 11.8 Å². The van der Waals surface area contributed by atoms with Gasteiger partial charge in [-0.3, -0.25) is 9.59 Å². The summed E-state index contributed by atoms with van der Waals surface area (Å²) in [5.74, 6) is -0.173. The SMILES string of the molecule is C=C/C=C(\C=C)C(=O)NCCCN(C)CCCNC(=O)c1ccccc1.CC.CC.[HH].[HH]. The zero-order chi connectivity index (χ0) is 23.2. The molecule has 0 fully saturated rings. The van der Waals surface area contributed by atoms with Gasteiger partial charge in [0.15, 0.2) is 0 Å². The molecule has 5 heteroatoms. The highest BCUT2D eigenvalue weighted by molar-refractivity contribution is 5.96. The Morgan fingerprint density at radius 1 is 0.967 bits per heavy atom. The van der Waals surface area contributed by atoms with Crippen molar-refractivity contribution in [1.82, 2.24) is 15.5 Å². The topological polar surface area (TPSA) is 61.4 Å². The molecule has 0 aliphatic rings. The summed E-state index contributed by atoms with van der Waals surface area (Å²) in [6.45, 7) is 18.2. The number of allylic oxidation sites excluding steroid dienone is 2. The predicted molar refractivity (Wildman–Crippen MR) is 134 cm³/mol. The number of hydrogen-bond donors (Lipinski definition) is 2. The maximum atomic E-state index is 11.9. The summed E-state index contributed by atoms with van der Waals surface area (Å²) in [5.41, 5.74) is 1.20. The molecule has 172 valence electrons. The highest BCUT2D eigenvalue weighted by Gasteiger charge is 2.05. The van der Waals surface area contributed by atoms with Crippen LogP contribution >= 0.6 is 0 Å². The first-order valence-corrected chi connectivity index (χ1v) is 10.8. The number of amides is 2. The first kappa shape index (κ1) is 29.5. The van der Waals surface area contributed by atoms with Crippen molar-refractivity contribution in [2.75, 3.05) is 33.2 Å². The minimum Gasteiger partial charge on any atom is -0.352 e. The lowest BCUT2D eigenvalue weighted by atomic mass is 10.2. The van der Waals surface area contributed by atoms with Gasteiger partial charge in [-0.05, 0) is 45.1 Å². The fourth-order valence-electron chi connectivity index (χ4n) is 2.37. The molecule has 0 heterocycles. The van der Waals surface area contributed by atoms with Crippen LogP contribution in [0.15, 0.2) is 67.3 Å². The van der Waals surface area contributed by atoms with Crippen LogP contribution in [-0.2, 0) is 4.79 Å². The van der Waals surface area contributed by atoms with E-state index < -0.39 is 0 Å². The van der Waals surface area contributed by atoms with Crippen LogP contribution in [0, 0.1) is 0 Å². The van der Waals surface area contributed by atoms with E-state index >= 15 is 0 Å². The number of nitrogens with zero attached hydrogens (tertiary/aromatic N) is 1. The third-order valence-electron chi connectivity index (χ3n) is 3.82. The first-order chi connectivity index (χ1) is 14.6. The molecule has 2 amide bonds. The quantitative estimate of drug-likeness (QED) is 0.282. The molecule has 0 unspecified atom stereocenters. The molecule has 2 N–H and O–H groups in total. The number of nitrogens with one attached hydrogen (secondary N) is 2. The molecule has 0 aromatic heterocycles. The number of hydrogen-bond acceptors (Lipinski definition) is 3. The zero-order valence-corrected chi connectivity index (χ0v) is 19.5. The van der Waals surface area contributed by atoms with Crippen LogP contribution in [0.2, 0.25) is 0 Å². The van der Waals surface area contributed by atoms with Gasteiger partial charge < -0.3 is 15.5 Å². The number of carbonyl (C=O) groups is 2. The second-order valence-corrected chi connectivity index (χ2v) is 5.95. The van der Waals surface area contributed by atoms with Crippen molar-refractivity contribution in [3.63, 3.8) is 0 Å². The van der Waals surface area contributed by atoms with Crippen LogP contribution in [0.1, 0.15) is 53.7 Å². The van der Waals surface area contributed by atoms with Crippen molar-refractivity contribution in [3.05, 3.63) is 72.9 Å². The standard InChI is InChI=1S/C21H29N3O2.2C2H6.2H2/c1-4-11-18(5-2)20(25)22-14-9-16-24(3)17-10-15-23-21(26)19-12-7-6-8-13-19;2*1-2;;/h4-8,11-13H,1-2,9-10,14-17H2,3H3,(H,22,25)(H,23,26);2*1-2H3;2*1H/b18-11+;;;;. The van der Waals surface area contributed by atoms with Crippen LogP contribution in [0.25, 0.3) is 0 Å². The van der Waals surface area contributed by atoms with Crippen molar-refractivity contribution in [3.8, 4) is 0 Å². The van der Waals surface area contributed by atoms with Gasteiger partial charge in [0.25, 0.3) is 11.8 Å². The third-order valence-corrected chi connectivity index (χ3v) is 3.82. The van der Waals surface area contributed by atoms with Gasteiger partial charge in [-0.2, -0.15) is 0 Å². The molecular weight excluding hydrogens is 374 g/mol. The van der Waals surface area contributed by atoms with E-state index in [9.17, 15) is 9.59 Å². The van der Waals surface area contributed by atoms with Crippen molar-refractivity contribution in [1.29, 1.82) is 0 Å². The number of rotatable bonds is 12. The molecule has 5 nitrogen and oxygen atoms in total. The smallest absolute Gasteiger partial charge is 0.251 e. The molecule has 0 spiro atoms. The second-order valence-electron chi connectivity index (χ2n) is 5.95. The Balaban J connectivity index is -0.000000616. The molecular formula is C25H45N3O2. The molecule has 0 aliphatic heterocycles. The predicted octanol–water partition coefficient (Wildman–Crippen LogP) is 5.09. The van der Waals surface area contributed by atoms with Crippen molar-refractivity contribution < 1.29 is 12.4 Å². The summed E-state index contributed by atoms with van der Waals surface area (Å²) in [5, 5.41) is 5.79. The van der Waals surface area contributed by atoms with E-state index in [0.717, 1.165) is 25.9 Å². The van der Waals surface area contributed by atoms with Gasteiger partial charge in [0.05, 0.1) is 0 Å². The summed E-state index contributed by atoms with van der Waals surface area (Å²) in [4.78, 5) is 25.9. The van der Waals surface area contributed by atoms with Crippen LogP contribution in [0.3, 0.4) is 0 Å². The molecule has 0 atom stereocenters. The average molecular weight is 420 g/mol. The number of benzene rings is 1. The van der Waals surface area contributed by atoms with Crippen LogP contribution in [0.4, 0.5) is 0 Å². The fraction of sp³-hybridized carbons (Fsp3) is 0.440. The summed E-state index contributed by atoms with van der Waals surface area (Å²) < 4.78 is 0. The Morgan fingerprint density at radius 3 is 2.00 bits per heavy atom.